The lowest BCUT2D eigenvalue weighted by atomic mass is 10.1. The first-order valence-electron chi connectivity index (χ1n) is 7.76. The molecule has 0 aliphatic rings. The molecule has 26 heavy (non-hydrogen) atoms. The number of nitrogens with one attached hydrogen (secondary N) is 2. The highest BCUT2D eigenvalue weighted by Crippen LogP contribution is 2.28. The fraction of sp³-hybridized carbons (Fsp3) is 0.111. The van der Waals surface area contributed by atoms with Gasteiger partial charge < -0.3 is 10.1 Å². The number of sulfonamides is 1. The van der Waals surface area contributed by atoms with E-state index in [0.717, 1.165) is 29.0 Å². The number of methoxy groups -OCH3 is 1. The lowest BCUT2D eigenvalue weighted by Gasteiger charge is -2.10. The van der Waals surface area contributed by atoms with E-state index in [1.54, 1.807) is 37.6 Å². The second-order valence-corrected chi connectivity index (χ2v) is 7.29. The predicted molar refractivity (Wildman–Crippen MR) is 102 cm³/mol. The number of hydrogen-bond acceptors (Lipinski definition) is 6. The van der Waals surface area contributed by atoms with Gasteiger partial charge in [-0.15, -0.1) is 0 Å². The summed E-state index contributed by atoms with van der Waals surface area (Å²) in [6.07, 6.45) is 2.77. The van der Waals surface area contributed by atoms with Gasteiger partial charge in [-0.2, -0.15) is 0 Å². The third-order valence-electron chi connectivity index (χ3n) is 3.48. The van der Waals surface area contributed by atoms with Gasteiger partial charge in [-0.25, -0.2) is 18.4 Å². The Morgan fingerprint density at radius 3 is 2.35 bits per heavy atom. The maximum atomic E-state index is 11.2. The molecule has 0 radical (unpaired) electrons. The van der Waals surface area contributed by atoms with Crippen LogP contribution in [0.1, 0.15) is 0 Å². The molecule has 7 nitrogen and oxygen atoms in total. The van der Waals surface area contributed by atoms with Gasteiger partial charge in [0.2, 0.25) is 16.0 Å². The molecule has 1 heterocycles. The van der Waals surface area contributed by atoms with Crippen molar-refractivity contribution in [2.45, 2.75) is 0 Å². The molecule has 3 aromatic rings. The van der Waals surface area contributed by atoms with Crippen LogP contribution in [0.5, 0.6) is 5.75 Å². The molecule has 2 N–H and O–H groups in total. The Balaban J connectivity index is 1.81. The summed E-state index contributed by atoms with van der Waals surface area (Å²) >= 11 is 0. The van der Waals surface area contributed by atoms with Crippen molar-refractivity contribution in [2.75, 3.05) is 23.4 Å². The van der Waals surface area contributed by atoms with Crippen molar-refractivity contribution in [3.63, 3.8) is 0 Å². The first kappa shape index (κ1) is 17.7. The minimum absolute atomic E-state index is 0.428. The molecule has 0 unspecified atom stereocenters. The molecule has 0 saturated carbocycles. The molecule has 2 aromatic carbocycles. The Labute approximate surface area is 152 Å². The van der Waals surface area contributed by atoms with Crippen molar-refractivity contribution in [1.29, 1.82) is 0 Å². The van der Waals surface area contributed by atoms with E-state index >= 15 is 0 Å². The topological polar surface area (TPSA) is 93.2 Å². The van der Waals surface area contributed by atoms with Gasteiger partial charge >= 0.3 is 0 Å². The Hall–Kier alpha value is -3.13. The van der Waals surface area contributed by atoms with Gasteiger partial charge in [0.15, 0.2) is 0 Å². The molecule has 0 atom stereocenters. The van der Waals surface area contributed by atoms with Crippen LogP contribution in [0.4, 0.5) is 17.3 Å². The van der Waals surface area contributed by atoms with Crippen LogP contribution in [0.2, 0.25) is 0 Å². The lowest BCUT2D eigenvalue weighted by molar-refractivity contribution is 0.416. The average molecular weight is 370 g/mol. The zero-order valence-corrected chi connectivity index (χ0v) is 15.1. The fourth-order valence-corrected chi connectivity index (χ4v) is 2.95. The molecule has 3 rings (SSSR count). The quantitative estimate of drug-likeness (QED) is 0.692. The third kappa shape index (κ3) is 4.48. The van der Waals surface area contributed by atoms with Crippen molar-refractivity contribution in [2.24, 2.45) is 0 Å². The van der Waals surface area contributed by atoms with E-state index in [4.69, 9.17) is 4.74 Å². The van der Waals surface area contributed by atoms with Crippen LogP contribution in [0.3, 0.4) is 0 Å². The monoisotopic (exact) mass is 370 g/mol. The number of ether oxygens (including phenoxy) is 1. The molecule has 0 bridgehead atoms. The van der Waals surface area contributed by atoms with Gasteiger partial charge in [0.25, 0.3) is 0 Å². The van der Waals surface area contributed by atoms with Crippen molar-refractivity contribution >= 4 is 27.3 Å². The largest absolute Gasteiger partial charge is 0.496 e. The Kier molecular flexibility index (Phi) is 5.04. The SMILES string of the molecule is COc1ccccc1-c1ccnc(Nc2ccc(NS(C)(=O)=O)cc2)n1. The maximum absolute atomic E-state index is 11.2. The number of anilines is 3. The van der Waals surface area contributed by atoms with Crippen LogP contribution < -0.4 is 14.8 Å². The lowest BCUT2D eigenvalue weighted by Crippen LogP contribution is -2.09. The zero-order chi connectivity index (χ0) is 18.6. The van der Waals surface area contributed by atoms with E-state index in [9.17, 15) is 8.42 Å². The summed E-state index contributed by atoms with van der Waals surface area (Å²) in [4.78, 5) is 8.74. The van der Waals surface area contributed by atoms with Gasteiger partial charge in [-0.05, 0) is 42.5 Å². The van der Waals surface area contributed by atoms with Gasteiger partial charge in [0.05, 0.1) is 19.1 Å². The summed E-state index contributed by atoms with van der Waals surface area (Å²) in [5.41, 5.74) is 2.83. The Morgan fingerprint density at radius 1 is 0.962 bits per heavy atom. The second kappa shape index (κ2) is 7.40. The minimum atomic E-state index is -3.30. The fourth-order valence-electron chi connectivity index (χ4n) is 2.39. The van der Waals surface area contributed by atoms with Crippen molar-refractivity contribution in [3.8, 4) is 17.0 Å². The van der Waals surface area contributed by atoms with E-state index in [1.165, 1.54) is 0 Å². The van der Waals surface area contributed by atoms with E-state index in [2.05, 4.69) is 20.0 Å². The highest BCUT2D eigenvalue weighted by molar-refractivity contribution is 7.92. The number of aromatic nitrogens is 2. The number of rotatable bonds is 6. The minimum Gasteiger partial charge on any atom is -0.496 e. The van der Waals surface area contributed by atoms with Gasteiger partial charge in [0, 0.05) is 23.1 Å². The Bertz CT molecular complexity index is 1000. The van der Waals surface area contributed by atoms with E-state index in [0.29, 0.717) is 11.6 Å². The average Bonchev–Trinajstić information content (AvgIpc) is 2.62. The number of hydrogen-bond donors (Lipinski definition) is 2. The van der Waals surface area contributed by atoms with Crippen LogP contribution in [0.15, 0.2) is 60.8 Å². The van der Waals surface area contributed by atoms with Crippen LogP contribution in [-0.2, 0) is 10.0 Å². The third-order valence-corrected chi connectivity index (χ3v) is 4.09. The van der Waals surface area contributed by atoms with Crippen LogP contribution in [0, 0.1) is 0 Å². The molecule has 0 aliphatic heterocycles. The smallest absolute Gasteiger partial charge is 0.229 e. The molecule has 0 amide bonds. The molecule has 134 valence electrons. The van der Waals surface area contributed by atoms with E-state index in [-0.39, 0.29) is 0 Å². The summed E-state index contributed by atoms with van der Waals surface area (Å²) in [7, 11) is -1.68. The summed E-state index contributed by atoms with van der Waals surface area (Å²) in [5.74, 6) is 1.16. The van der Waals surface area contributed by atoms with Gasteiger partial charge in [-0.3, -0.25) is 4.72 Å². The maximum Gasteiger partial charge on any atom is 0.229 e. The molecule has 1 aromatic heterocycles. The number of benzene rings is 2. The predicted octanol–water partition coefficient (Wildman–Crippen LogP) is 3.27. The number of para-hydroxylation sites is 1. The molecular formula is C18H18N4O3S. The summed E-state index contributed by atoms with van der Waals surface area (Å²) in [5, 5.41) is 3.10. The Morgan fingerprint density at radius 2 is 1.65 bits per heavy atom. The number of nitrogens with zero attached hydrogens (tertiary/aromatic N) is 2. The second-order valence-electron chi connectivity index (χ2n) is 5.54. The first-order valence-corrected chi connectivity index (χ1v) is 9.65. The first-order chi connectivity index (χ1) is 12.4. The van der Waals surface area contributed by atoms with Gasteiger partial charge in [0.1, 0.15) is 5.75 Å². The highest BCUT2D eigenvalue weighted by Gasteiger charge is 2.08. The summed E-state index contributed by atoms with van der Waals surface area (Å²) in [6.45, 7) is 0. The van der Waals surface area contributed by atoms with Crippen molar-refractivity contribution in [1.82, 2.24) is 9.97 Å². The van der Waals surface area contributed by atoms with Crippen molar-refractivity contribution < 1.29 is 13.2 Å². The summed E-state index contributed by atoms with van der Waals surface area (Å²) in [6, 6.07) is 16.2. The molecule has 0 aliphatic carbocycles. The van der Waals surface area contributed by atoms with Crippen LogP contribution >= 0.6 is 0 Å². The van der Waals surface area contributed by atoms with E-state index in [1.807, 2.05) is 30.3 Å². The molecule has 0 saturated heterocycles. The normalized spacial score (nSPS) is 11.0. The molecule has 0 spiro atoms. The van der Waals surface area contributed by atoms with Crippen LogP contribution in [0.25, 0.3) is 11.3 Å². The molecule has 0 fully saturated rings. The van der Waals surface area contributed by atoms with Gasteiger partial charge in [-0.1, -0.05) is 12.1 Å². The van der Waals surface area contributed by atoms with E-state index < -0.39 is 10.0 Å². The molecule has 8 heteroatoms. The highest BCUT2D eigenvalue weighted by atomic mass is 32.2. The standard InChI is InChI=1S/C18H18N4O3S/c1-25-17-6-4-3-5-15(17)16-11-12-19-18(21-16)20-13-7-9-14(10-8-13)22-26(2,23)24/h3-12,22H,1-2H3,(H,19,20,21). The van der Waals surface area contributed by atoms with Crippen LogP contribution in [-0.4, -0.2) is 31.8 Å². The van der Waals surface area contributed by atoms with Crippen molar-refractivity contribution in [3.05, 3.63) is 60.8 Å². The summed E-state index contributed by atoms with van der Waals surface area (Å²) < 4.78 is 30.3. The zero-order valence-electron chi connectivity index (χ0n) is 14.3. The molecular weight excluding hydrogens is 352 g/mol.